The molecular formula is C15H24N4O2S. The summed E-state index contributed by atoms with van der Waals surface area (Å²) in [5.74, 6) is -0.0744. The summed E-state index contributed by atoms with van der Waals surface area (Å²) in [4.78, 5) is 28.8. The Kier molecular flexibility index (Phi) is 5.05. The maximum atomic E-state index is 12.4. The molecule has 1 aliphatic heterocycles. The van der Waals surface area contributed by atoms with Gasteiger partial charge in [0.15, 0.2) is 5.13 Å². The molecule has 1 aromatic rings. The lowest BCUT2D eigenvalue weighted by Crippen LogP contribution is -2.60. The number of hydrogen-bond donors (Lipinski definition) is 3. The molecule has 22 heavy (non-hydrogen) atoms. The van der Waals surface area contributed by atoms with Crippen molar-refractivity contribution in [2.45, 2.75) is 52.6 Å². The van der Waals surface area contributed by atoms with Crippen LogP contribution in [0.3, 0.4) is 0 Å². The predicted molar refractivity (Wildman–Crippen MR) is 88.2 cm³/mol. The molecule has 2 atom stereocenters. The third-order valence-electron chi connectivity index (χ3n) is 3.71. The van der Waals surface area contributed by atoms with Crippen LogP contribution in [0.15, 0.2) is 6.20 Å². The van der Waals surface area contributed by atoms with Crippen molar-refractivity contribution in [3.8, 4) is 0 Å². The molecule has 122 valence electrons. The topological polar surface area (TPSA) is 83.1 Å². The lowest BCUT2D eigenvalue weighted by atomic mass is 9.78. The lowest BCUT2D eigenvalue weighted by Gasteiger charge is -2.40. The van der Waals surface area contributed by atoms with Crippen molar-refractivity contribution in [2.75, 3.05) is 11.9 Å². The van der Waals surface area contributed by atoms with Gasteiger partial charge < -0.3 is 16.0 Å². The third-order valence-corrected chi connectivity index (χ3v) is 4.66. The summed E-state index contributed by atoms with van der Waals surface area (Å²) in [6.07, 6.45) is 2.70. The van der Waals surface area contributed by atoms with E-state index in [1.165, 1.54) is 11.3 Å². The van der Waals surface area contributed by atoms with Gasteiger partial charge in [-0.15, -0.1) is 0 Å². The van der Waals surface area contributed by atoms with Gasteiger partial charge in [0.1, 0.15) is 4.88 Å². The summed E-state index contributed by atoms with van der Waals surface area (Å²) in [6.45, 7) is 8.96. The molecule has 2 amide bonds. The zero-order valence-corrected chi connectivity index (χ0v) is 14.3. The quantitative estimate of drug-likeness (QED) is 0.791. The summed E-state index contributed by atoms with van der Waals surface area (Å²) < 4.78 is 0. The first-order chi connectivity index (χ1) is 10.3. The Hall–Kier alpha value is -1.63. The van der Waals surface area contributed by atoms with Crippen molar-refractivity contribution in [3.05, 3.63) is 11.1 Å². The number of amides is 2. The number of piperidine rings is 1. The third kappa shape index (κ3) is 3.97. The van der Waals surface area contributed by atoms with Crippen molar-refractivity contribution in [1.82, 2.24) is 15.6 Å². The van der Waals surface area contributed by atoms with Gasteiger partial charge >= 0.3 is 0 Å². The molecule has 0 spiro atoms. The van der Waals surface area contributed by atoms with Crippen molar-refractivity contribution < 1.29 is 9.59 Å². The van der Waals surface area contributed by atoms with E-state index in [9.17, 15) is 9.59 Å². The van der Waals surface area contributed by atoms with Gasteiger partial charge in [0.2, 0.25) is 5.91 Å². The normalized spacial score (nSPS) is 22.1. The Labute approximate surface area is 135 Å². The van der Waals surface area contributed by atoms with Crippen LogP contribution in [0, 0.1) is 5.41 Å². The first-order valence-corrected chi connectivity index (χ1v) is 8.43. The fraction of sp³-hybridized carbons (Fsp3) is 0.667. The van der Waals surface area contributed by atoms with E-state index in [-0.39, 0.29) is 29.3 Å². The fourth-order valence-corrected chi connectivity index (χ4v) is 3.41. The average Bonchev–Trinajstić information content (AvgIpc) is 2.89. The molecule has 0 bridgehead atoms. The van der Waals surface area contributed by atoms with Crippen LogP contribution in [0.25, 0.3) is 0 Å². The monoisotopic (exact) mass is 324 g/mol. The maximum Gasteiger partial charge on any atom is 0.263 e. The number of rotatable bonds is 4. The Balaban J connectivity index is 2.06. The minimum absolute atomic E-state index is 0.0534. The summed E-state index contributed by atoms with van der Waals surface area (Å²) in [5.41, 5.74) is -0.114. The second-order valence-electron chi connectivity index (χ2n) is 6.59. The van der Waals surface area contributed by atoms with Gasteiger partial charge in [-0.05, 0) is 18.8 Å². The molecule has 6 nitrogen and oxygen atoms in total. The number of nitrogens with one attached hydrogen (secondary N) is 3. The molecular weight excluding hydrogens is 300 g/mol. The van der Waals surface area contributed by atoms with Crippen molar-refractivity contribution in [3.63, 3.8) is 0 Å². The van der Waals surface area contributed by atoms with Crippen LogP contribution in [0.5, 0.6) is 0 Å². The molecule has 0 aliphatic carbocycles. The number of anilines is 1. The van der Waals surface area contributed by atoms with Crippen LogP contribution in [-0.2, 0) is 4.79 Å². The molecule has 1 saturated heterocycles. The van der Waals surface area contributed by atoms with Crippen LogP contribution in [0.1, 0.15) is 50.2 Å². The van der Waals surface area contributed by atoms with Crippen molar-refractivity contribution in [2.24, 2.45) is 5.41 Å². The van der Waals surface area contributed by atoms with Crippen LogP contribution in [0.4, 0.5) is 5.13 Å². The second-order valence-corrected chi connectivity index (χ2v) is 7.62. The number of hydrogen-bond acceptors (Lipinski definition) is 5. The summed E-state index contributed by atoms with van der Waals surface area (Å²) in [7, 11) is 0. The molecule has 1 aromatic heterocycles. The van der Waals surface area contributed by atoms with E-state index in [1.807, 2.05) is 6.92 Å². The van der Waals surface area contributed by atoms with Crippen LogP contribution in [-0.4, -0.2) is 35.4 Å². The van der Waals surface area contributed by atoms with Gasteiger partial charge in [-0.1, -0.05) is 32.1 Å². The van der Waals surface area contributed by atoms with Gasteiger partial charge in [0.05, 0.1) is 18.3 Å². The highest BCUT2D eigenvalue weighted by Crippen LogP contribution is 2.27. The molecule has 1 aliphatic rings. The summed E-state index contributed by atoms with van der Waals surface area (Å²) in [6, 6.07) is -0.131. The highest BCUT2D eigenvalue weighted by molar-refractivity contribution is 7.17. The number of thiazole rings is 1. The number of aromatic nitrogens is 1. The van der Waals surface area contributed by atoms with E-state index < -0.39 is 0 Å². The Bertz CT molecular complexity index is 550. The van der Waals surface area contributed by atoms with Gasteiger partial charge in [0, 0.05) is 13.0 Å². The zero-order valence-electron chi connectivity index (χ0n) is 13.5. The summed E-state index contributed by atoms with van der Waals surface area (Å²) in [5, 5.41) is 9.91. The minimum Gasteiger partial charge on any atom is -0.362 e. The molecule has 2 rings (SSSR count). The van der Waals surface area contributed by atoms with E-state index >= 15 is 0 Å². The highest BCUT2D eigenvalue weighted by atomic mass is 32.1. The highest BCUT2D eigenvalue weighted by Gasteiger charge is 2.37. The molecule has 0 saturated carbocycles. The maximum absolute atomic E-state index is 12.4. The first kappa shape index (κ1) is 16.7. The molecule has 2 heterocycles. The van der Waals surface area contributed by atoms with E-state index in [0.29, 0.717) is 17.7 Å². The van der Waals surface area contributed by atoms with Gasteiger partial charge in [-0.3, -0.25) is 9.59 Å². The number of nitrogens with zero attached hydrogens (tertiary/aromatic N) is 1. The summed E-state index contributed by atoms with van der Waals surface area (Å²) >= 11 is 1.34. The average molecular weight is 324 g/mol. The van der Waals surface area contributed by atoms with E-state index in [4.69, 9.17) is 0 Å². The van der Waals surface area contributed by atoms with E-state index in [1.54, 1.807) is 6.20 Å². The molecule has 7 heteroatoms. The van der Waals surface area contributed by atoms with Crippen LogP contribution >= 0.6 is 11.3 Å². The molecule has 0 aromatic carbocycles. The molecule has 1 fully saturated rings. The number of carbonyl (C=O) groups excluding carboxylic acids is 2. The Morgan fingerprint density at radius 2 is 2.23 bits per heavy atom. The van der Waals surface area contributed by atoms with Crippen molar-refractivity contribution >= 4 is 28.3 Å². The Morgan fingerprint density at radius 3 is 2.86 bits per heavy atom. The largest absolute Gasteiger partial charge is 0.362 e. The first-order valence-electron chi connectivity index (χ1n) is 7.61. The van der Waals surface area contributed by atoms with Gasteiger partial charge in [0.25, 0.3) is 5.91 Å². The molecule has 0 unspecified atom stereocenters. The van der Waals surface area contributed by atoms with E-state index in [0.717, 1.165) is 11.7 Å². The smallest absolute Gasteiger partial charge is 0.263 e. The van der Waals surface area contributed by atoms with Crippen LogP contribution in [0.2, 0.25) is 0 Å². The second kappa shape index (κ2) is 6.64. The Morgan fingerprint density at radius 1 is 1.50 bits per heavy atom. The number of carbonyl (C=O) groups is 2. The van der Waals surface area contributed by atoms with Gasteiger partial charge in [-0.2, -0.15) is 0 Å². The van der Waals surface area contributed by atoms with Crippen molar-refractivity contribution in [1.29, 1.82) is 0 Å². The predicted octanol–water partition coefficient (Wildman–Crippen LogP) is 2.00. The molecule has 3 N–H and O–H groups in total. The van der Waals surface area contributed by atoms with Crippen LogP contribution < -0.4 is 16.0 Å². The standard InChI is InChI=1S/C15H24N4O2S/c1-5-16-14-17-8-10(22-14)13(21)18-9-6-7-11(20)19-12(9)15(2,3)4/h8-9,12H,5-7H2,1-4H3,(H,16,17)(H,18,21)(H,19,20)/t9-,12-/m1/s1. The lowest BCUT2D eigenvalue weighted by molar-refractivity contribution is -0.125. The van der Waals surface area contributed by atoms with E-state index in [2.05, 4.69) is 41.7 Å². The van der Waals surface area contributed by atoms with Gasteiger partial charge in [-0.25, -0.2) is 4.98 Å². The SMILES string of the molecule is CCNc1ncc(C(=O)N[C@@H]2CCC(=O)N[C@H]2C(C)(C)C)s1. The fourth-order valence-electron chi connectivity index (χ4n) is 2.63. The minimum atomic E-state index is -0.128. The molecule has 0 radical (unpaired) electrons. The zero-order chi connectivity index (χ0) is 16.3.